The summed E-state index contributed by atoms with van der Waals surface area (Å²) in [6.07, 6.45) is 0.430. The zero-order valence-corrected chi connectivity index (χ0v) is 11.7. The molecule has 0 saturated heterocycles. The van der Waals surface area contributed by atoms with Gasteiger partial charge in [-0.3, -0.25) is 9.59 Å². The number of aliphatic carboxylic acids is 1. The lowest BCUT2D eigenvalue weighted by Gasteiger charge is -2.17. The van der Waals surface area contributed by atoms with Crippen LogP contribution in [-0.4, -0.2) is 17.0 Å². The molecule has 0 unspecified atom stereocenters. The van der Waals surface area contributed by atoms with Crippen molar-refractivity contribution in [2.45, 2.75) is 40.2 Å². The summed E-state index contributed by atoms with van der Waals surface area (Å²) in [5.74, 6) is -0.883. The molecule has 4 heteroatoms. The fourth-order valence-electron chi connectivity index (χ4n) is 1.80. The van der Waals surface area contributed by atoms with Gasteiger partial charge in [0.2, 0.25) is 5.91 Å². The van der Waals surface area contributed by atoms with Crippen LogP contribution in [0.3, 0.4) is 0 Å². The van der Waals surface area contributed by atoms with E-state index >= 15 is 0 Å². The van der Waals surface area contributed by atoms with Crippen molar-refractivity contribution in [3.63, 3.8) is 0 Å². The highest BCUT2D eigenvalue weighted by Crippen LogP contribution is 2.18. The van der Waals surface area contributed by atoms with Gasteiger partial charge in [-0.05, 0) is 16.5 Å². The van der Waals surface area contributed by atoms with Crippen LogP contribution in [0.25, 0.3) is 0 Å². The molecule has 0 aromatic heterocycles. The van der Waals surface area contributed by atoms with Gasteiger partial charge < -0.3 is 10.4 Å². The quantitative estimate of drug-likeness (QED) is 0.857. The summed E-state index contributed by atoms with van der Waals surface area (Å²) in [5.41, 5.74) is 1.54. The average Bonchev–Trinajstić information content (AvgIpc) is 2.24. The number of amides is 1. The first-order valence-corrected chi connectivity index (χ1v) is 6.33. The highest BCUT2D eigenvalue weighted by atomic mass is 16.4. The lowest BCUT2D eigenvalue weighted by atomic mass is 9.92. The third-order valence-corrected chi connectivity index (χ3v) is 2.63. The van der Waals surface area contributed by atoms with E-state index in [0.717, 1.165) is 11.1 Å². The van der Waals surface area contributed by atoms with Crippen LogP contribution in [0.15, 0.2) is 24.3 Å². The third-order valence-electron chi connectivity index (χ3n) is 2.63. The normalized spacial score (nSPS) is 11.1. The molecule has 19 heavy (non-hydrogen) atoms. The minimum atomic E-state index is -0.867. The van der Waals surface area contributed by atoms with Crippen molar-refractivity contribution < 1.29 is 14.7 Å². The molecule has 1 aromatic carbocycles. The van der Waals surface area contributed by atoms with Crippen molar-refractivity contribution in [3.05, 3.63) is 35.4 Å². The molecular formula is C15H21NO3. The molecule has 0 heterocycles. The molecule has 0 aliphatic heterocycles. The summed E-state index contributed by atoms with van der Waals surface area (Å²) >= 11 is 0. The van der Waals surface area contributed by atoms with Gasteiger partial charge >= 0.3 is 5.97 Å². The maximum atomic E-state index is 11.7. The largest absolute Gasteiger partial charge is 0.481 e. The Morgan fingerprint density at radius 1 is 1.16 bits per heavy atom. The Balaban J connectivity index is 2.62. The van der Waals surface area contributed by atoms with Gasteiger partial charge in [0, 0.05) is 13.0 Å². The van der Waals surface area contributed by atoms with E-state index < -0.39 is 5.97 Å². The van der Waals surface area contributed by atoms with Crippen LogP contribution in [0.5, 0.6) is 0 Å². The number of hydrogen-bond donors (Lipinski definition) is 2. The van der Waals surface area contributed by atoms with Gasteiger partial charge in [-0.2, -0.15) is 0 Å². The van der Waals surface area contributed by atoms with Crippen LogP contribution in [0, 0.1) is 5.41 Å². The van der Waals surface area contributed by atoms with Gasteiger partial charge in [-0.1, -0.05) is 45.0 Å². The monoisotopic (exact) mass is 263 g/mol. The Bertz CT molecular complexity index is 461. The van der Waals surface area contributed by atoms with Crippen molar-refractivity contribution in [2.24, 2.45) is 5.41 Å². The molecule has 104 valence electrons. The molecule has 0 fully saturated rings. The predicted molar refractivity (Wildman–Crippen MR) is 73.7 cm³/mol. The Morgan fingerprint density at radius 3 is 2.26 bits per heavy atom. The van der Waals surface area contributed by atoms with Gasteiger partial charge in [0.05, 0.1) is 6.42 Å². The number of carboxylic acids is 1. The van der Waals surface area contributed by atoms with Crippen molar-refractivity contribution in [1.29, 1.82) is 0 Å². The van der Waals surface area contributed by atoms with Crippen molar-refractivity contribution in [1.82, 2.24) is 5.32 Å². The number of carbonyl (C=O) groups is 2. The molecule has 4 nitrogen and oxygen atoms in total. The molecule has 0 saturated carbocycles. The fraction of sp³-hybridized carbons (Fsp3) is 0.467. The van der Waals surface area contributed by atoms with E-state index in [2.05, 4.69) is 5.32 Å². The average molecular weight is 263 g/mol. The number of carbonyl (C=O) groups excluding carboxylic acids is 1. The number of nitrogens with one attached hydrogen (secondary N) is 1. The van der Waals surface area contributed by atoms with Crippen LogP contribution in [-0.2, 0) is 22.6 Å². The van der Waals surface area contributed by atoms with Gasteiger partial charge in [0.15, 0.2) is 0 Å². The standard InChI is InChI=1S/C15H21NO3/c1-15(2,3)9-13(17)16-10-12-7-5-4-6-11(12)8-14(18)19/h4-7H,8-10H2,1-3H3,(H,16,17)(H,18,19). The molecule has 0 bridgehead atoms. The first kappa shape index (κ1) is 15.2. The Morgan fingerprint density at radius 2 is 1.74 bits per heavy atom. The zero-order valence-electron chi connectivity index (χ0n) is 11.7. The predicted octanol–water partition coefficient (Wildman–Crippen LogP) is 2.37. The number of rotatable bonds is 5. The minimum absolute atomic E-state index is 0.0161. The van der Waals surface area contributed by atoms with Gasteiger partial charge in [-0.25, -0.2) is 0 Å². The highest BCUT2D eigenvalue weighted by Gasteiger charge is 2.16. The maximum absolute atomic E-state index is 11.7. The summed E-state index contributed by atoms with van der Waals surface area (Å²) in [4.78, 5) is 22.5. The highest BCUT2D eigenvalue weighted by molar-refractivity contribution is 5.76. The summed E-state index contributed by atoms with van der Waals surface area (Å²) in [5, 5.41) is 11.7. The number of carboxylic acid groups (broad SMARTS) is 1. The van der Waals surface area contributed by atoms with E-state index in [1.807, 2.05) is 32.9 Å². The maximum Gasteiger partial charge on any atom is 0.307 e. The van der Waals surface area contributed by atoms with Gasteiger partial charge in [0.25, 0.3) is 0 Å². The van der Waals surface area contributed by atoms with E-state index in [0.29, 0.717) is 13.0 Å². The molecule has 0 aliphatic carbocycles. The topological polar surface area (TPSA) is 66.4 Å². The number of benzene rings is 1. The van der Waals surface area contributed by atoms with Gasteiger partial charge in [-0.15, -0.1) is 0 Å². The van der Waals surface area contributed by atoms with Gasteiger partial charge in [0.1, 0.15) is 0 Å². The first-order chi connectivity index (χ1) is 8.78. The molecule has 1 aromatic rings. The summed E-state index contributed by atoms with van der Waals surface area (Å²) in [6, 6.07) is 7.27. The van der Waals surface area contributed by atoms with E-state index in [-0.39, 0.29) is 17.7 Å². The first-order valence-electron chi connectivity index (χ1n) is 6.33. The Kier molecular flexibility index (Phi) is 5.10. The summed E-state index contributed by atoms with van der Waals surface area (Å²) in [6.45, 7) is 6.39. The second kappa shape index (κ2) is 6.36. The Hall–Kier alpha value is -1.84. The van der Waals surface area contributed by atoms with E-state index in [9.17, 15) is 9.59 Å². The van der Waals surface area contributed by atoms with Crippen LogP contribution in [0.1, 0.15) is 38.3 Å². The van der Waals surface area contributed by atoms with Crippen molar-refractivity contribution in [2.75, 3.05) is 0 Å². The van der Waals surface area contributed by atoms with E-state index in [1.165, 1.54) is 0 Å². The molecule has 0 aliphatic rings. The second-order valence-corrected chi connectivity index (χ2v) is 5.85. The molecule has 0 radical (unpaired) electrons. The fourth-order valence-corrected chi connectivity index (χ4v) is 1.80. The van der Waals surface area contributed by atoms with Crippen LogP contribution >= 0.6 is 0 Å². The smallest absolute Gasteiger partial charge is 0.307 e. The van der Waals surface area contributed by atoms with Crippen LogP contribution < -0.4 is 5.32 Å². The van der Waals surface area contributed by atoms with E-state index in [1.54, 1.807) is 12.1 Å². The minimum Gasteiger partial charge on any atom is -0.481 e. The second-order valence-electron chi connectivity index (χ2n) is 5.85. The molecule has 0 spiro atoms. The molecule has 2 N–H and O–H groups in total. The molecular weight excluding hydrogens is 242 g/mol. The lowest BCUT2D eigenvalue weighted by molar-refractivity contribution is -0.136. The van der Waals surface area contributed by atoms with Crippen LogP contribution in [0.2, 0.25) is 0 Å². The third kappa shape index (κ3) is 6.04. The SMILES string of the molecule is CC(C)(C)CC(=O)NCc1ccccc1CC(=O)O. The van der Waals surface area contributed by atoms with Crippen molar-refractivity contribution in [3.8, 4) is 0 Å². The zero-order chi connectivity index (χ0) is 14.5. The summed E-state index contributed by atoms with van der Waals surface area (Å²) in [7, 11) is 0. The molecule has 1 rings (SSSR count). The lowest BCUT2D eigenvalue weighted by Crippen LogP contribution is -2.27. The Labute approximate surface area is 113 Å². The summed E-state index contributed by atoms with van der Waals surface area (Å²) < 4.78 is 0. The van der Waals surface area contributed by atoms with E-state index in [4.69, 9.17) is 5.11 Å². The van der Waals surface area contributed by atoms with Crippen LogP contribution in [0.4, 0.5) is 0 Å². The number of hydrogen-bond acceptors (Lipinski definition) is 2. The molecule has 0 atom stereocenters. The van der Waals surface area contributed by atoms with Crippen molar-refractivity contribution >= 4 is 11.9 Å². The molecule has 1 amide bonds.